The maximum Gasteiger partial charge on any atom is 0.252 e. The van der Waals surface area contributed by atoms with Gasteiger partial charge in [-0.3, -0.25) is 14.6 Å². The molecule has 0 radical (unpaired) electrons. The van der Waals surface area contributed by atoms with Gasteiger partial charge in [0.1, 0.15) is 6.61 Å². The van der Waals surface area contributed by atoms with Crippen molar-refractivity contribution in [3.8, 4) is 0 Å². The molecule has 0 bridgehead atoms. The van der Waals surface area contributed by atoms with E-state index in [1.54, 1.807) is 18.3 Å². The van der Waals surface area contributed by atoms with Gasteiger partial charge in [-0.25, -0.2) is 5.90 Å². The van der Waals surface area contributed by atoms with Gasteiger partial charge in [0.05, 0.1) is 11.9 Å². The molecule has 0 aliphatic heterocycles. The van der Waals surface area contributed by atoms with E-state index in [1.807, 2.05) is 0 Å². The number of carbonyl (C=O) groups excluding carboxylic acids is 1. The predicted octanol–water partition coefficient (Wildman–Crippen LogP) is 0.754. The minimum atomic E-state index is -0.300. The first-order valence-electron chi connectivity index (χ1n) is 3.34. The zero-order valence-corrected chi connectivity index (χ0v) is 8.81. The van der Waals surface area contributed by atoms with Crippen LogP contribution in [0, 0.1) is 0 Å². The van der Waals surface area contributed by atoms with Crippen LogP contribution in [0.15, 0.2) is 24.5 Å². The molecule has 0 unspecified atom stereocenters. The standard InChI is InChI=1S/C7H9N3O2.2ClH/c8-12-5-7(11)10-6-2-1-3-9-4-6;;/h1-4H,5,8H2,(H,10,11);2*1H. The van der Waals surface area contributed by atoms with E-state index in [9.17, 15) is 4.79 Å². The molecule has 14 heavy (non-hydrogen) atoms. The Bertz CT molecular complexity index is 258. The van der Waals surface area contributed by atoms with Crippen LogP contribution in [0.25, 0.3) is 0 Å². The van der Waals surface area contributed by atoms with Crippen LogP contribution in [-0.4, -0.2) is 17.5 Å². The van der Waals surface area contributed by atoms with E-state index in [0.29, 0.717) is 5.69 Å². The van der Waals surface area contributed by atoms with Crippen molar-refractivity contribution in [1.29, 1.82) is 0 Å². The van der Waals surface area contributed by atoms with Gasteiger partial charge in [0, 0.05) is 6.20 Å². The summed E-state index contributed by atoms with van der Waals surface area (Å²) in [4.78, 5) is 18.8. The number of pyridine rings is 1. The largest absolute Gasteiger partial charge is 0.323 e. The number of nitrogens with zero attached hydrogens (tertiary/aromatic N) is 1. The van der Waals surface area contributed by atoms with E-state index < -0.39 is 0 Å². The lowest BCUT2D eigenvalue weighted by Gasteiger charge is -2.01. The van der Waals surface area contributed by atoms with Gasteiger partial charge in [-0.05, 0) is 12.1 Å². The quantitative estimate of drug-likeness (QED) is 0.764. The summed E-state index contributed by atoms with van der Waals surface area (Å²) in [7, 11) is 0. The van der Waals surface area contributed by atoms with Crippen LogP contribution in [0.1, 0.15) is 0 Å². The number of carbonyl (C=O) groups is 1. The molecule has 7 heteroatoms. The van der Waals surface area contributed by atoms with Crippen LogP contribution in [0.2, 0.25) is 0 Å². The van der Waals surface area contributed by atoms with E-state index >= 15 is 0 Å². The Morgan fingerprint density at radius 3 is 2.79 bits per heavy atom. The van der Waals surface area contributed by atoms with Crippen molar-refractivity contribution < 1.29 is 9.63 Å². The monoisotopic (exact) mass is 239 g/mol. The predicted molar refractivity (Wildman–Crippen MR) is 57.5 cm³/mol. The Kier molecular flexibility index (Phi) is 9.69. The van der Waals surface area contributed by atoms with Gasteiger partial charge >= 0.3 is 0 Å². The van der Waals surface area contributed by atoms with Gasteiger partial charge in [-0.15, -0.1) is 24.8 Å². The number of aromatic nitrogens is 1. The first-order chi connectivity index (χ1) is 5.83. The normalized spacial score (nSPS) is 8.07. The van der Waals surface area contributed by atoms with E-state index in [1.165, 1.54) is 6.20 Å². The number of nitrogens with two attached hydrogens (primary N) is 1. The first-order valence-corrected chi connectivity index (χ1v) is 3.34. The molecule has 0 fully saturated rings. The molecule has 0 atom stereocenters. The molecule has 5 nitrogen and oxygen atoms in total. The molecule has 1 aromatic heterocycles. The fourth-order valence-corrected chi connectivity index (χ4v) is 0.709. The average Bonchev–Trinajstić information content (AvgIpc) is 2.06. The Hall–Kier alpha value is -0.880. The van der Waals surface area contributed by atoms with E-state index in [4.69, 9.17) is 5.90 Å². The lowest BCUT2D eigenvalue weighted by atomic mass is 10.4. The molecule has 0 saturated carbocycles. The van der Waals surface area contributed by atoms with Crippen LogP contribution in [-0.2, 0) is 9.63 Å². The summed E-state index contributed by atoms with van der Waals surface area (Å²) in [6.45, 7) is -0.158. The molecule has 80 valence electrons. The molecule has 1 amide bonds. The van der Waals surface area contributed by atoms with E-state index in [2.05, 4.69) is 15.1 Å². The van der Waals surface area contributed by atoms with Crippen LogP contribution in [0.5, 0.6) is 0 Å². The topological polar surface area (TPSA) is 77.2 Å². The molecular weight excluding hydrogens is 229 g/mol. The molecule has 1 aromatic rings. The van der Waals surface area contributed by atoms with E-state index in [0.717, 1.165) is 0 Å². The third-order valence-electron chi connectivity index (χ3n) is 1.16. The van der Waals surface area contributed by atoms with Crippen LogP contribution >= 0.6 is 24.8 Å². The molecule has 0 saturated heterocycles. The smallest absolute Gasteiger partial charge is 0.252 e. The Morgan fingerprint density at radius 1 is 1.57 bits per heavy atom. The van der Waals surface area contributed by atoms with Crippen LogP contribution in [0.3, 0.4) is 0 Å². The summed E-state index contributed by atoms with van der Waals surface area (Å²) in [6.07, 6.45) is 3.16. The molecule has 3 N–H and O–H groups in total. The summed E-state index contributed by atoms with van der Waals surface area (Å²) in [5, 5.41) is 2.54. The minimum absolute atomic E-state index is 0. The van der Waals surface area contributed by atoms with Crippen molar-refractivity contribution in [1.82, 2.24) is 4.98 Å². The summed E-state index contributed by atoms with van der Waals surface area (Å²) in [5.74, 6) is 4.41. The molecule has 1 rings (SSSR count). The third kappa shape index (κ3) is 5.71. The van der Waals surface area contributed by atoms with Crippen molar-refractivity contribution in [2.45, 2.75) is 0 Å². The zero-order chi connectivity index (χ0) is 8.81. The molecule has 0 aliphatic rings. The Labute approximate surface area is 93.8 Å². The first kappa shape index (κ1) is 15.6. The maximum atomic E-state index is 10.9. The van der Waals surface area contributed by atoms with Crippen molar-refractivity contribution in [3.63, 3.8) is 0 Å². The summed E-state index contributed by atoms with van der Waals surface area (Å²) in [6, 6.07) is 3.44. The Balaban J connectivity index is 0. The number of rotatable bonds is 3. The number of amides is 1. The van der Waals surface area contributed by atoms with Gasteiger partial charge in [0.2, 0.25) is 0 Å². The second-order valence-electron chi connectivity index (χ2n) is 2.10. The summed E-state index contributed by atoms with van der Waals surface area (Å²) in [5.41, 5.74) is 0.625. The highest BCUT2D eigenvalue weighted by atomic mass is 35.5. The Morgan fingerprint density at radius 2 is 2.29 bits per heavy atom. The lowest BCUT2D eigenvalue weighted by molar-refractivity contribution is -0.120. The number of hydrogen-bond acceptors (Lipinski definition) is 4. The molecule has 0 aromatic carbocycles. The minimum Gasteiger partial charge on any atom is -0.323 e. The highest BCUT2D eigenvalue weighted by molar-refractivity contribution is 5.91. The fourth-order valence-electron chi connectivity index (χ4n) is 0.709. The molecule has 0 aliphatic carbocycles. The maximum absolute atomic E-state index is 10.9. The van der Waals surface area contributed by atoms with Crippen molar-refractivity contribution >= 4 is 36.4 Å². The second kappa shape index (κ2) is 8.71. The van der Waals surface area contributed by atoms with Gasteiger partial charge in [0.25, 0.3) is 5.91 Å². The van der Waals surface area contributed by atoms with Crippen LogP contribution < -0.4 is 11.2 Å². The summed E-state index contributed by atoms with van der Waals surface area (Å²) < 4.78 is 0. The average molecular weight is 240 g/mol. The number of halogens is 2. The zero-order valence-electron chi connectivity index (χ0n) is 7.17. The SMILES string of the molecule is Cl.Cl.NOCC(=O)Nc1cccnc1. The molecule has 0 spiro atoms. The van der Waals surface area contributed by atoms with Crippen molar-refractivity contribution in [2.75, 3.05) is 11.9 Å². The van der Waals surface area contributed by atoms with Crippen molar-refractivity contribution in [3.05, 3.63) is 24.5 Å². The van der Waals surface area contributed by atoms with Crippen molar-refractivity contribution in [2.24, 2.45) is 5.90 Å². The number of nitrogens with one attached hydrogen (secondary N) is 1. The number of hydrogen-bond donors (Lipinski definition) is 2. The number of anilines is 1. The molecular formula is C7H11Cl2N3O2. The van der Waals surface area contributed by atoms with E-state index in [-0.39, 0.29) is 37.3 Å². The highest BCUT2D eigenvalue weighted by Crippen LogP contribution is 2.01. The highest BCUT2D eigenvalue weighted by Gasteiger charge is 1.99. The lowest BCUT2D eigenvalue weighted by Crippen LogP contribution is -2.20. The van der Waals surface area contributed by atoms with Gasteiger partial charge < -0.3 is 5.32 Å². The molecule has 1 heterocycles. The second-order valence-corrected chi connectivity index (χ2v) is 2.10. The van der Waals surface area contributed by atoms with Gasteiger partial charge in [0.15, 0.2) is 0 Å². The van der Waals surface area contributed by atoms with Gasteiger partial charge in [-0.1, -0.05) is 0 Å². The fraction of sp³-hybridized carbons (Fsp3) is 0.143. The van der Waals surface area contributed by atoms with Crippen LogP contribution in [0.4, 0.5) is 5.69 Å². The van der Waals surface area contributed by atoms with Gasteiger partial charge in [-0.2, -0.15) is 0 Å². The summed E-state index contributed by atoms with van der Waals surface area (Å²) >= 11 is 0. The third-order valence-corrected chi connectivity index (χ3v) is 1.16.